The van der Waals surface area contributed by atoms with Crippen LogP contribution < -0.4 is 5.32 Å². The largest absolute Gasteiger partial charge is 0.356 e. The summed E-state index contributed by atoms with van der Waals surface area (Å²) in [5.41, 5.74) is 1.09. The number of benzene rings is 1. The van der Waals surface area contributed by atoms with Gasteiger partial charge in [-0.05, 0) is 19.1 Å². The number of rotatable bonds is 3. The first-order chi connectivity index (χ1) is 9.58. The predicted octanol–water partition coefficient (Wildman–Crippen LogP) is 1.37. The molecule has 0 aliphatic carbocycles. The van der Waals surface area contributed by atoms with Crippen LogP contribution in [0.4, 0.5) is 0 Å². The lowest BCUT2D eigenvalue weighted by atomic mass is 10.2. The molecule has 0 saturated carbocycles. The van der Waals surface area contributed by atoms with Crippen molar-refractivity contribution in [3.8, 4) is 0 Å². The van der Waals surface area contributed by atoms with E-state index < -0.39 is 10.0 Å². The second-order valence-corrected chi connectivity index (χ2v) is 6.97. The quantitative estimate of drug-likeness (QED) is 0.919. The molecule has 3 rings (SSSR count). The van der Waals surface area contributed by atoms with E-state index in [2.05, 4.69) is 10.5 Å². The van der Waals surface area contributed by atoms with E-state index in [1.165, 1.54) is 0 Å². The second kappa shape index (κ2) is 6.31. The standard InChI is InChI=1S/C13H17N3O3S.ClH/c1-10-8-14-6-7-16(10)20(17,18)9-12-11-4-2-3-5-13(11)19-15-12;/h2-5,10,14H,6-9H2,1H3;1H/t10-;/m0./s1. The molecule has 0 radical (unpaired) electrons. The van der Waals surface area contributed by atoms with Crippen molar-refractivity contribution in [1.82, 2.24) is 14.8 Å². The Morgan fingerprint density at radius 3 is 2.95 bits per heavy atom. The van der Waals surface area contributed by atoms with E-state index in [0.717, 1.165) is 5.39 Å². The van der Waals surface area contributed by atoms with Gasteiger partial charge in [-0.3, -0.25) is 0 Å². The van der Waals surface area contributed by atoms with Crippen molar-refractivity contribution in [3.05, 3.63) is 30.0 Å². The van der Waals surface area contributed by atoms with Crippen LogP contribution >= 0.6 is 12.4 Å². The fourth-order valence-corrected chi connectivity index (χ4v) is 4.25. The van der Waals surface area contributed by atoms with Crippen molar-refractivity contribution >= 4 is 33.4 Å². The third-order valence-electron chi connectivity index (χ3n) is 3.57. The summed E-state index contributed by atoms with van der Waals surface area (Å²) in [4.78, 5) is 0. The van der Waals surface area contributed by atoms with E-state index in [-0.39, 0.29) is 24.2 Å². The summed E-state index contributed by atoms with van der Waals surface area (Å²) in [5.74, 6) is -0.117. The highest BCUT2D eigenvalue weighted by Gasteiger charge is 2.30. The number of hydrogen-bond donors (Lipinski definition) is 1. The SMILES string of the molecule is C[C@H]1CNCCN1S(=O)(=O)Cc1noc2ccccc12.Cl. The lowest BCUT2D eigenvalue weighted by Gasteiger charge is -2.32. The molecule has 0 unspecified atom stereocenters. The van der Waals surface area contributed by atoms with Crippen molar-refractivity contribution in [2.75, 3.05) is 19.6 Å². The average Bonchev–Trinajstić information content (AvgIpc) is 2.82. The molecular formula is C13H18ClN3O3S. The van der Waals surface area contributed by atoms with Crippen LogP contribution in [0.3, 0.4) is 0 Å². The van der Waals surface area contributed by atoms with Crippen LogP contribution in [-0.4, -0.2) is 43.6 Å². The highest BCUT2D eigenvalue weighted by atomic mass is 35.5. The molecule has 1 aromatic heterocycles. The molecule has 1 N–H and O–H groups in total. The zero-order chi connectivity index (χ0) is 14.2. The van der Waals surface area contributed by atoms with Crippen LogP contribution in [-0.2, 0) is 15.8 Å². The lowest BCUT2D eigenvalue weighted by molar-refractivity contribution is 0.283. The topological polar surface area (TPSA) is 75.4 Å². The molecule has 1 aliphatic rings. The molecule has 0 bridgehead atoms. The van der Waals surface area contributed by atoms with E-state index >= 15 is 0 Å². The van der Waals surface area contributed by atoms with Gasteiger partial charge < -0.3 is 9.84 Å². The van der Waals surface area contributed by atoms with Gasteiger partial charge in [-0.2, -0.15) is 4.31 Å². The molecule has 1 aromatic carbocycles. The number of halogens is 1. The minimum absolute atomic E-state index is 0. The minimum Gasteiger partial charge on any atom is -0.356 e. The van der Waals surface area contributed by atoms with Gasteiger partial charge in [-0.25, -0.2) is 8.42 Å². The number of sulfonamides is 1. The van der Waals surface area contributed by atoms with Crippen LogP contribution in [0.1, 0.15) is 12.6 Å². The first-order valence-electron chi connectivity index (χ1n) is 6.61. The first-order valence-corrected chi connectivity index (χ1v) is 8.22. The maximum absolute atomic E-state index is 12.5. The van der Waals surface area contributed by atoms with Crippen molar-refractivity contribution < 1.29 is 12.9 Å². The number of piperazine rings is 1. The average molecular weight is 332 g/mol. The van der Waals surface area contributed by atoms with Crippen molar-refractivity contribution in [1.29, 1.82) is 0 Å². The zero-order valence-electron chi connectivity index (χ0n) is 11.7. The van der Waals surface area contributed by atoms with Crippen LogP contribution in [0, 0.1) is 0 Å². The van der Waals surface area contributed by atoms with Gasteiger partial charge in [0.2, 0.25) is 10.0 Å². The Kier molecular flexibility index (Phi) is 4.88. The molecule has 0 amide bonds. The molecular weight excluding hydrogens is 314 g/mol. The smallest absolute Gasteiger partial charge is 0.220 e. The Morgan fingerprint density at radius 1 is 1.43 bits per heavy atom. The predicted molar refractivity (Wildman–Crippen MR) is 82.9 cm³/mol. The normalized spacial score (nSPS) is 20.3. The maximum Gasteiger partial charge on any atom is 0.220 e. The highest BCUT2D eigenvalue weighted by Crippen LogP contribution is 2.22. The zero-order valence-corrected chi connectivity index (χ0v) is 13.3. The minimum atomic E-state index is -3.38. The molecule has 8 heteroatoms. The molecule has 6 nitrogen and oxygen atoms in total. The number of fused-ring (bicyclic) bond motifs is 1. The number of nitrogens with zero attached hydrogens (tertiary/aromatic N) is 2. The molecule has 0 spiro atoms. The summed E-state index contributed by atoms with van der Waals surface area (Å²) >= 11 is 0. The van der Waals surface area contributed by atoms with Gasteiger partial charge in [0, 0.05) is 31.1 Å². The summed E-state index contributed by atoms with van der Waals surface area (Å²) in [6.45, 7) is 3.77. The number of hydrogen-bond acceptors (Lipinski definition) is 5. The third-order valence-corrected chi connectivity index (χ3v) is 5.46. The molecule has 2 heterocycles. The monoisotopic (exact) mass is 331 g/mol. The second-order valence-electron chi connectivity index (χ2n) is 5.05. The Labute approximate surface area is 129 Å². The van der Waals surface area contributed by atoms with E-state index in [0.29, 0.717) is 30.9 Å². The molecule has 1 saturated heterocycles. The van der Waals surface area contributed by atoms with Gasteiger partial charge in [-0.15, -0.1) is 12.4 Å². The van der Waals surface area contributed by atoms with Gasteiger partial charge >= 0.3 is 0 Å². The lowest BCUT2D eigenvalue weighted by Crippen LogP contribution is -2.52. The van der Waals surface area contributed by atoms with Crippen LogP contribution in [0.15, 0.2) is 28.8 Å². The Balaban J connectivity index is 0.00000161. The van der Waals surface area contributed by atoms with Gasteiger partial charge in [0.1, 0.15) is 11.4 Å². The summed E-state index contributed by atoms with van der Waals surface area (Å²) in [5, 5.41) is 7.85. The summed E-state index contributed by atoms with van der Waals surface area (Å²) < 4.78 is 31.8. The molecule has 1 atom stereocenters. The molecule has 116 valence electrons. The number of para-hydroxylation sites is 1. The Morgan fingerprint density at radius 2 is 2.19 bits per heavy atom. The van der Waals surface area contributed by atoms with Crippen molar-refractivity contribution in [2.24, 2.45) is 0 Å². The van der Waals surface area contributed by atoms with Gasteiger partial charge in [0.05, 0.1) is 0 Å². The van der Waals surface area contributed by atoms with Gasteiger partial charge in [-0.1, -0.05) is 17.3 Å². The summed E-state index contributed by atoms with van der Waals surface area (Å²) in [7, 11) is -3.38. The Bertz CT molecular complexity index is 716. The fraction of sp³-hybridized carbons (Fsp3) is 0.462. The number of aromatic nitrogens is 1. The Hall–Kier alpha value is -1.15. The molecule has 1 aliphatic heterocycles. The van der Waals surface area contributed by atoms with Crippen molar-refractivity contribution in [3.63, 3.8) is 0 Å². The van der Waals surface area contributed by atoms with Crippen LogP contribution in [0.2, 0.25) is 0 Å². The maximum atomic E-state index is 12.5. The van der Waals surface area contributed by atoms with Gasteiger partial charge in [0.15, 0.2) is 5.58 Å². The molecule has 2 aromatic rings. The summed E-state index contributed by atoms with van der Waals surface area (Å²) in [6.07, 6.45) is 0. The van der Waals surface area contributed by atoms with Crippen LogP contribution in [0.5, 0.6) is 0 Å². The first kappa shape index (κ1) is 16.2. The molecule has 1 fully saturated rings. The van der Waals surface area contributed by atoms with Crippen LogP contribution in [0.25, 0.3) is 11.0 Å². The number of nitrogens with one attached hydrogen (secondary N) is 1. The third kappa shape index (κ3) is 3.21. The van der Waals surface area contributed by atoms with Crippen molar-refractivity contribution in [2.45, 2.75) is 18.7 Å². The van der Waals surface area contributed by atoms with E-state index in [1.54, 1.807) is 10.4 Å². The van der Waals surface area contributed by atoms with E-state index in [4.69, 9.17) is 4.52 Å². The summed E-state index contributed by atoms with van der Waals surface area (Å²) in [6, 6.07) is 7.27. The van der Waals surface area contributed by atoms with E-state index in [1.807, 2.05) is 25.1 Å². The molecule has 21 heavy (non-hydrogen) atoms. The van der Waals surface area contributed by atoms with Gasteiger partial charge in [0.25, 0.3) is 0 Å². The van der Waals surface area contributed by atoms with E-state index in [9.17, 15) is 8.42 Å². The highest BCUT2D eigenvalue weighted by molar-refractivity contribution is 7.88. The fourth-order valence-electron chi connectivity index (χ4n) is 2.53.